The number of hydrogen-bond donors (Lipinski definition) is 1. The first kappa shape index (κ1) is 21.8. The monoisotopic (exact) mass is 461 g/mol. The number of nitrogens with one attached hydrogen (secondary N) is 1. The van der Waals surface area contributed by atoms with Gasteiger partial charge in [0.1, 0.15) is 11.4 Å². The second-order valence-electron chi connectivity index (χ2n) is 7.33. The molecule has 4 aromatic rings. The summed E-state index contributed by atoms with van der Waals surface area (Å²) in [7, 11) is 0. The van der Waals surface area contributed by atoms with Crippen molar-refractivity contribution in [2.45, 2.75) is 45.2 Å². The van der Waals surface area contributed by atoms with E-state index < -0.39 is 11.9 Å². The van der Waals surface area contributed by atoms with Gasteiger partial charge in [-0.15, -0.1) is 22.7 Å². The van der Waals surface area contributed by atoms with E-state index in [9.17, 15) is 13.2 Å². The lowest BCUT2D eigenvalue weighted by Crippen LogP contribution is -2.04. The average molecular weight is 462 g/mol. The third-order valence-corrected chi connectivity index (χ3v) is 7.45. The Balaban J connectivity index is 1.50. The molecule has 4 rings (SSSR count). The summed E-state index contributed by atoms with van der Waals surface area (Å²) in [4.78, 5) is 9.09. The van der Waals surface area contributed by atoms with Crippen LogP contribution in [0.15, 0.2) is 48.7 Å². The van der Waals surface area contributed by atoms with Crippen LogP contribution >= 0.6 is 22.7 Å². The number of aromatic nitrogens is 3. The maximum absolute atomic E-state index is 12.8. The molecule has 0 radical (unpaired) electrons. The number of aromatic amines is 1. The molecule has 8 heteroatoms. The van der Waals surface area contributed by atoms with Crippen LogP contribution in [0.3, 0.4) is 0 Å². The second kappa shape index (κ2) is 9.36. The van der Waals surface area contributed by atoms with Gasteiger partial charge in [-0.25, -0.2) is 0 Å². The lowest BCUT2D eigenvalue weighted by Gasteiger charge is -2.01. The smallest absolute Gasteiger partial charge is 0.273 e. The van der Waals surface area contributed by atoms with Gasteiger partial charge >= 0.3 is 6.18 Å². The number of aryl methyl sites for hydroxylation is 1. The Morgan fingerprint density at radius 2 is 1.65 bits per heavy atom. The van der Waals surface area contributed by atoms with Crippen molar-refractivity contribution in [2.75, 3.05) is 0 Å². The minimum atomic E-state index is -4.46. The number of nitrogens with zero attached hydrogens (tertiary/aromatic N) is 2. The quantitative estimate of drug-likeness (QED) is 0.270. The van der Waals surface area contributed by atoms with E-state index in [0.29, 0.717) is 5.69 Å². The SMILES string of the molecule is CCCCCCc1ccc(-c2ccc(-c3ccnc(-c4cc(C(F)(F)F)[nH]n4)c3)s2)s1. The Labute approximate surface area is 187 Å². The molecule has 162 valence electrons. The molecule has 3 nitrogen and oxygen atoms in total. The Bertz CT molecular complexity index is 1140. The molecule has 0 aliphatic rings. The topological polar surface area (TPSA) is 41.6 Å². The van der Waals surface area contributed by atoms with E-state index in [0.717, 1.165) is 22.9 Å². The first-order valence-electron chi connectivity index (χ1n) is 10.2. The van der Waals surface area contributed by atoms with Crippen LogP contribution in [0.4, 0.5) is 13.2 Å². The molecule has 0 aliphatic carbocycles. The highest BCUT2D eigenvalue weighted by atomic mass is 32.1. The van der Waals surface area contributed by atoms with Gasteiger partial charge in [-0.3, -0.25) is 10.1 Å². The van der Waals surface area contributed by atoms with E-state index in [1.807, 2.05) is 28.6 Å². The second-order valence-corrected chi connectivity index (χ2v) is 9.59. The molecule has 0 bridgehead atoms. The number of halogens is 3. The van der Waals surface area contributed by atoms with Crippen LogP contribution in [0.1, 0.15) is 43.2 Å². The minimum Gasteiger partial charge on any atom is -0.273 e. The van der Waals surface area contributed by atoms with E-state index in [1.54, 1.807) is 23.6 Å². The third-order valence-electron chi connectivity index (χ3n) is 4.98. The third kappa shape index (κ3) is 5.25. The van der Waals surface area contributed by atoms with Crippen molar-refractivity contribution in [3.63, 3.8) is 0 Å². The predicted molar refractivity (Wildman–Crippen MR) is 121 cm³/mol. The van der Waals surface area contributed by atoms with Crippen LogP contribution in [0, 0.1) is 0 Å². The molecular formula is C23H22F3N3S2. The summed E-state index contributed by atoms with van der Waals surface area (Å²) >= 11 is 3.51. The molecule has 0 aromatic carbocycles. The van der Waals surface area contributed by atoms with Crippen molar-refractivity contribution in [1.29, 1.82) is 0 Å². The summed E-state index contributed by atoms with van der Waals surface area (Å²) < 4.78 is 38.5. The van der Waals surface area contributed by atoms with Crippen LogP contribution < -0.4 is 0 Å². The van der Waals surface area contributed by atoms with Gasteiger partial charge in [0.25, 0.3) is 0 Å². The Morgan fingerprint density at radius 3 is 2.42 bits per heavy atom. The minimum absolute atomic E-state index is 0.178. The number of pyridine rings is 1. The summed E-state index contributed by atoms with van der Waals surface area (Å²) in [5, 5.41) is 5.82. The highest BCUT2D eigenvalue weighted by molar-refractivity contribution is 7.23. The Kier molecular flexibility index (Phi) is 6.57. The molecule has 4 heterocycles. The summed E-state index contributed by atoms with van der Waals surface area (Å²) in [6.45, 7) is 2.22. The fraction of sp³-hybridized carbons (Fsp3) is 0.304. The number of H-pyrrole nitrogens is 1. The maximum Gasteiger partial charge on any atom is 0.432 e. The van der Waals surface area contributed by atoms with Crippen LogP contribution in [-0.2, 0) is 12.6 Å². The van der Waals surface area contributed by atoms with Crippen molar-refractivity contribution in [3.8, 4) is 31.6 Å². The van der Waals surface area contributed by atoms with Crippen LogP contribution in [0.5, 0.6) is 0 Å². The Hall–Kier alpha value is -2.45. The first-order chi connectivity index (χ1) is 14.9. The summed E-state index contributed by atoms with van der Waals surface area (Å²) in [6, 6.07) is 13.2. The fourth-order valence-corrected chi connectivity index (χ4v) is 5.46. The zero-order valence-electron chi connectivity index (χ0n) is 17.0. The highest BCUT2D eigenvalue weighted by Crippen LogP contribution is 2.39. The summed E-state index contributed by atoms with van der Waals surface area (Å²) in [5.74, 6) is 0. The molecule has 0 aliphatic heterocycles. The number of hydrogen-bond acceptors (Lipinski definition) is 4. The van der Waals surface area contributed by atoms with Crippen LogP contribution in [0.25, 0.3) is 31.6 Å². The zero-order valence-corrected chi connectivity index (χ0v) is 18.6. The van der Waals surface area contributed by atoms with Gasteiger partial charge < -0.3 is 0 Å². The van der Waals surface area contributed by atoms with Gasteiger partial charge in [-0.05, 0) is 60.9 Å². The van der Waals surface area contributed by atoms with Crippen molar-refractivity contribution >= 4 is 22.7 Å². The molecule has 0 amide bonds. The fourth-order valence-electron chi connectivity index (χ4n) is 3.32. The van der Waals surface area contributed by atoms with E-state index in [1.165, 1.54) is 40.3 Å². The molecule has 0 unspecified atom stereocenters. The van der Waals surface area contributed by atoms with E-state index in [2.05, 4.69) is 35.2 Å². The molecule has 31 heavy (non-hydrogen) atoms. The highest BCUT2D eigenvalue weighted by Gasteiger charge is 2.33. The molecule has 0 spiro atoms. The molecule has 1 N–H and O–H groups in total. The maximum atomic E-state index is 12.8. The van der Waals surface area contributed by atoms with Gasteiger partial charge in [0.15, 0.2) is 0 Å². The van der Waals surface area contributed by atoms with Crippen molar-refractivity contribution < 1.29 is 13.2 Å². The van der Waals surface area contributed by atoms with E-state index in [4.69, 9.17) is 0 Å². The molecule has 0 saturated carbocycles. The lowest BCUT2D eigenvalue weighted by atomic mass is 10.1. The molecule has 0 saturated heterocycles. The number of unbranched alkanes of at least 4 members (excludes halogenated alkanes) is 3. The van der Waals surface area contributed by atoms with Gasteiger partial charge in [0, 0.05) is 25.7 Å². The van der Waals surface area contributed by atoms with E-state index >= 15 is 0 Å². The van der Waals surface area contributed by atoms with Crippen LogP contribution in [0.2, 0.25) is 0 Å². The van der Waals surface area contributed by atoms with E-state index in [-0.39, 0.29) is 5.69 Å². The van der Waals surface area contributed by atoms with Crippen molar-refractivity contribution in [1.82, 2.24) is 15.2 Å². The zero-order chi connectivity index (χ0) is 21.8. The first-order valence-corrected chi connectivity index (χ1v) is 11.9. The lowest BCUT2D eigenvalue weighted by molar-refractivity contribution is -0.141. The van der Waals surface area contributed by atoms with Gasteiger partial charge in [0.05, 0.1) is 5.69 Å². The molecule has 4 aromatic heterocycles. The summed E-state index contributed by atoms with van der Waals surface area (Å²) in [6.07, 6.45) is 3.31. The van der Waals surface area contributed by atoms with Gasteiger partial charge in [0.2, 0.25) is 0 Å². The predicted octanol–water partition coefficient (Wildman–Crippen LogP) is 8.07. The Morgan fingerprint density at radius 1 is 0.871 bits per heavy atom. The average Bonchev–Trinajstić information content (AvgIpc) is 3.51. The van der Waals surface area contributed by atoms with Crippen LogP contribution in [-0.4, -0.2) is 15.2 Å². The number of rotatable bonds is 8. The standard InChI is InChI=1S/C23H22F3N3S2/c1-2-3-4-5-6-16-7-8-20(30-16)21-10-9-19(31-21)15-11-12-27-17(13-15)18-14-22(29-28-18)23(24,25)26/h7-14H,2-6H2,1H3,(H,28,29). The number of thiophene rings is 2. The molecule has 0 fully saturated rings. The summed E-state index contributed by atoms with van der Waals surface area (Å²) in [5.41, 5.74) is 0.618. The molecular weight excluding hydrogens is 439 g/mol. The van der Waals surface area contributed by atoms with Crippen molar-refractivity contribution in [3.05, 3.63) is 59.2 Å². The largest absolute Gasteiger partial charge is 0.432 e. The normalized spacial score (nSPS) is 11.9. The number of alkyl halides is 3. The van der Waals surface area contributed by atoms with Crippen molar-refractivity contribution in [2.24, 2.45) is 0 Å². The molecule has 0 atom stereocenters. The van der Waals surface area contributed by atoms with Gasteiger partial charge in [-0.1, -0.05) is 26.2 Å². The van der Waals surface area contributed by atoms with Gasteiger partial charge in [-0.2, -0.15) is 18.3 Å².